The van der Waals surface area contributed by atoms with Gasteiger partial charge in [0, 0.05) is 18.2 Å². The van der Waals surface area contributed by atoms with Crippen molar-refractivity contribution in [3.05, 3.63) is 52.7 Å². The summed E-state index contributed by atoms with van der Waals surface area (Å²) in [5.41, 5.74) is 1.33. The Hall–Kier alpha value is -2.19. The third kappa shape index (κ3) is 2.73. The Balaban J connectivity index is 1.97. The number of aryl methyl sites for hydroxylation is 1. The van der Waals surface area contributed by atoms with Gasteiger partial charge in [0.1, 0.15) is 11.9 Å². The van der Waals surface area contributed by atoms with Gasteiger partial charge in [0.25, 0.3) is 0 Å². The summed E-state index contributed by atoms with van der Waals surface area (Å²) in [5, 5.41) is 15.5. The van der Waals surface area contributed by atoms with Gasteiger partial charge in [-0.15, -0.1) is 0 Å². The van der Waals surface area contributed by atoms with Gasteiger partial charge in [0.15, 0.2) is 5.76 Å². The maximum atomic E-state index is 13.7. The molecule has 1 N–H and O–H groups in total. The third-order valence-corrected chi connectivity index (χ3v) is 2.49. The molecule has 92 valence electrons. The first-order valence-corrected chi connectivity index (χ1v) is 5.51. The van der Waals surface area contributed by atoms with Crippen molar-refractivity contribution in [2.45, 2.75) is 20.0 Å². The van der Waals surface area contributed by atoms with Gasteiger partial charge < -0.3 is 9.84 Å². The molecule has 0 spiro atoms. The molecule has 2 aromatic rings. The van der Waals surface area contributed by atoms with Crippen LogP contribution in [-0.2, 0) is 13.1 Å². The molecule has 0 radical (unpaired) electrons. The third-order valence-electron chi connectivity index (χ3n) is 2.49. The minimum absolute atomic E-state index is 0.0600. The van der Waals surface area contributed by atoms with Crippen molar-refractivity contribution in [3.63, 3.8) is 0 Å². The molecule has 0 atom stereocenters. The minimum atomic E-state index is -0.471. The molecule has 0 amide bonds. The number of nitrogens with zero attached hydrogens (tertiary/aromatic N) is 2. The molecular weight excluding hydrogens is 233 g/mol. The van der Waals surface area contributed by atoms with Crippen molar-refractivity contribution >= 4 is 0 Å². The first-order chi connectivity index (χ1) is 8.70. The highest BCUT2D eigenvalue weighted by atomic mass is 19.1. The molecule has 0 unspecified atom stereocenters. The Labute approximate surface area is 104 Å². The molecule has 0 aliphatic heterocycles. The summed E-state index contributed by atoms with van der Waals surface area (Å²) in [4.78, 5) is 0. The van der Waals surface area contributed by atoms with E-state index in [0.717, 1.165) is 5.69 Å². The number of nitrogens with one attached hydrogen (secondary N) is 1. The van der Waals surface area contributed by atoms with E-state index in [0.29, 0.717) is 24.4 Å². The van der Waals surface area contributed by atoms with Crippen molar-refractivity contribution in [1.82, 2.24) is 10.5 Å². The van der Waals surface area contributed by atoms with E-state index < -0.39 is 5.82 Å². The fourth-order valence-electron chi connectivity index (χ4n) is 1.62. The van der Waals surface area contributed by atoms with E-state index in [1.54, 1.807) is 12.1 Å². The Morgan fingerprint density at radius 3 is 2.94 bits per heavy atom. The fraction of sp³-hybridized carbons (Fsp3) is 0.231. The summed E-state index contributed by atoms with van der Waals surface area (Å²) >= 11 is 0. The van der Waals surface area contributed by atoms with Crippen LogP contribution in [0.1, 0.15) is 22.6 Å². The summed E-state index contributed by atoms with van der Waals surface area (Å²) in [7, 11) is 0. The van der Waals surface area contributed by atoms with Crippen LogP contribution in [0.25, 0.3) is 0 Å². The SMILES string of the molecule is Cc1cc(CNCc2cccc(C#N)c2F)on1. The Morgan fingerprint density at radius 1 is 1.44 bits per heavy atom. The number of nitriles is 1. The van der Waals surface area contributed by atoms with Crippen LogP contribution in [0.4, 0.5) is 4.39 Å². The zero-order valence-corrected chi connectivity index (χ0v) is 9.90. The molecule has 0 saturated heterocycles. The molecule has 2 rings (SSSR count). The monoisotopic (exact) mass is 245 g/mol. The number of benzene rings is 1. The van der Waals surface area contributed by atoms with Gasteiger partial charge in [0.2, 0.25) is 0 Å². The number of halogens is 1. The molecular formula is C13H12FN3O. The molecule has 0 bridgehead atoms. The van der Waals surface area contributed by atoms with Crippen molar-refractivity contribution in [1.29, 1.82) is 5.26 Å². The number of rotatable bonds is 4. The van der Waals surface area contributed by atoms with Crippen LogP contribution in [0.5, 0.6) is 0 Å². The molecule has 18 heavy (non-hydrogen) atoms. The van der Waals surface area contributed by atoms with Crippen LogP contribution in [-0.4, -0.2) is 5.16 Å². The predicted octanol–water partition coefficient (Wildman–Crippen LogP) is 2.28. The lowest BCUT2D eigenvalue weighted by atomic mass is 10.1. The summed E-state index contributed by atoms with van der Waals surface area (Å²) in [6, 6.07) is 8.40. The first kappa shape index (κ1) is 12.3. The van der Waals surface area contributed by atoms with Gasteiger partial charge in [-0.05, 0) is 13.0 Å². The lowest BCUT2D eigenvalue weighted by Gasteiger charge is -2.04. The van der Waals surface area contributed by atoms with Gasteiger partial charge in [0.05, 0.1) is 17.8 Å². The van der Waals surface area contributed by atoms with Crippen LogP contribution >= 0.6 is 0 Å². The Morgan fingerprint density at radius 2 is 2.28 bits per heavy atom. The Bertz CT molecular complexity index is 586. The van der Waals surface area contributed by atoms with Crippen molar-refractivity contribution in [3.8, 4) is 6.07 Å². The maximum absolute atomic E-state index is 13.7. The van der Waals surface area contributed by atoms with E-state index in [-0.39, 0.29) is 5.56 Å². The number of aromatic nitrogens is 1. The van der Waals surface area contributed by atoms with E-state index in [4.69, 9.17) is 9.78 Å². The van der Waals surface area contributed by atoms with E-state index in [2.05, 4.69) is 10.5 Å². The average Bonchev–Trinajstić information content (AvgIpc) is 2.77. The van der Waals surface area contributed by atoms with Crippen molar-refractivity contribution in [2.24, 2.45) is 0 Å². The molecule has 1 aromatic carbocycles. The van der Waals surface area contributed by atoms with Crippen LogP contribution in [0.3, 0.4) is 0 Å². The second-order valence-corrected chi connectivity index (χ2v) is 3.93. The molecule has 4 nitrogen and oxygen atoms in total. The normalized spacial score (nSPS) is 10.3. The molecule has 5 heteroatoms. The minimum Gasteiger partial charge on any atom is -0.360 e. The molecule has 0 fully saturated rings. The summed E-state index contributed by atoms with van der Waals surface area (Å²) in [5.74, 6) is 0.227. The molecule has 1 aromatic heterocycles. The van der Waals surface area contributed by atoms with Crippen LogP contribution in [0.15, 0.2) is 28.8 Å². The standard InChI is InChI=1S/C13H12FN3O/c1-9-5-12(18-17-9)8-16-7-11-4-2-3-10(6-15)13(11)14/h2-5,16H,7-8H2,1H3. The van der Waals surface area contributed by atoms with Crippen LogP contribution in [0, 0.1) is 24.1 Å². The largest absolute Gasteiger partial charge is 0.360 e. The van der Waals surface area contributed by atoms with E-state index in [9.17, 15) is 4.39 Å². The zero-order valence-electron chi connectivity index (χ0n) is 9.90. The molecule has 0 aliphatic rings. The lowest BCUT2D eigenvalue weighted by molar-refractivity contribution is 0.369. The number of hydrogen-bond acceptors (Lipinski definition) is 4. The number of hydrogen-bond donors (Lipinski definition) is 1. The van der Waals surface area contributed by atoms with Gasteiger partial charge >= 0.3 is 0 Å². The molecule has 0 saturated carbocycles. The second-order valence-electron chi connectivity index (χ2n) is 3.93. The van der Waals surface area contributed by atoms with Gasteiger partial charge in [-0.3, -0.25) is 0 Å². The van der Waals surface area contributed by atoms with E-state index in [1.165, 1.54) is 6.07 Å². The van der Waals surface area contributed by atoms with Crippen LogP contribution < -0.4 is 5.32 Å². The van der Waals surface area contributed by atoms with Crippen molar-refractivity contribution < 1.29 is 8.91 Å². The highest BCUT2D eigenvalue weighted by molar-refractivity contribution is 5.34. The van der Waals surface area contributed by atoms with E-state index >= 15 is 0 Å². The fourth-order valence-corrected chi connectivity index (χ4v) is 1.62. The topological polar surface area (TPSA) is 61.9 Å². The summed E-state index contributed by atoms with van der Waals surface area (Å²) < 4.78 is 18.7. The second kappa shape index (κ2) is 5.43. The maximum Gasteiger partial charge on any atom is 0.150 e. The van der Waals surface area contributed by atoms with Crippen LogP contribution in [0.2, 0.25) is 0 Å². The summed E-state index contributed by atoms with van der Waals surface area (Å²) in [6.07, 6.45) is 0. The Kier molecular flexibility index (Phi) is 3.70. The predicted molar refractivity (Wildman–Crippen MR) is 62.9 cm³/mol. The average molecular weight is 245 g/mol. The lowest BCUT2D eigenvalue weighted by Crippen LogP contribution is -2.13. The molecule has 1 heterocycles. The van der Waals surface area contributed by atoms with E-state index in [1.807, 2.05) is 19.1 Å². The van der Waals surface area contributed by atoms with Crippen molar-refractivity contribution in [2.75, 3.05) is 0 Å². The quantitative estimate of drug-likeness (QED) is 0.897. The van der Waals surface area contributed by atoms with Gasteiger partial charge in [-0.1, -0.05) is 17.3 Å². The first-order valence-electron chi connectivity index (χ1n) is 5.51. The highest BCUT2D eigenvalue weighted by Gasteiger charge is 2.07. The van der Waals surface area contributed by atoms with Gasteiger partial charge in [-0.25, -0.2) is 4.39 Å². The summed E-state index contributed by atoms with van der Waals surface area (Å²) in [6.45, 7) is 2.64. The smallest absolute Gasteiger partial charge is 0.150 e. The van der Waals surface area contributed by atoms with Gasteiger partial charge in [-0.2, -0.15) is 5.26 Å². The molecule has 0 aliphatic carbocycles. The zero-order chi connectivity index (χ0) is 13.0. The highest BCUT2D eigenvalue weighted by Crippen LogP contribution is 2.12.